The van der Waals surface area contributed by atoms with Crippen LogP contribution in [0.2, 0.25) is 0 Å². The number of hydrogen-bond donors (Lipinski definition) is 1. The van der Waals surface area contributed by atoms with E-state index in [2.05, 4.69) is 9.71 Å². The maximum absolute atomic E-state index is 12.6. The highest BCUT2D eigenvalue weighted by Gasteiger charge is 2.19. The van der Waals surface area contributed by atoms with Gasteiger partial charge >= 0.3 is 0 Å². The van der Waals surface area contributed by atoms with E-state index in [1.165, 1.54) is 12.1 Å². The van der Waals surface area contributed by atoms with Gasteiger partial charge in [-0.1, -0.05) is 26.3 Å². The number of nitrogens with one attached hydrogen (secondary N) is 1. The maximum Gasteiger partial charge on any atom is 0.284 e. The molecule has 0 saturated carbocycles. The molecule has 25 heavy (non-hydrogen) atoms. The number of likely N-dealkylation sites (tertiary alicyclic amines) is 1. The third-order valence-corrected chi connectivity index (χ3v) is 5.37. The highest BCUT2D eigenvalue weighted by Crippen LogP contribution is 2.20. The second kappa shape index (κ2) is 8.47. The summed E-state index contributed by atoms with van der Waals surface area (Å²) in [4.78, 5) is 13.9. The van der Waals surface area contributed by atoms with Crippen LogP contribution in [0.15, 0.2) is 33.6 Å². The number of amides is 1. The number of anilines is 1. The van der Waals surface area contributed by atoms with Crippen molar-refractivity contribution < 1.29 is 13.2 Å². The average molecular weight is 365 g/mol. The molecule has 0 aliphatic carbocycles. The van der Waals surface area contributed by atoms with Crippen LogP contribution in [0, 0.1) is 5.92 Å². The summed E-state index contributed by atoms with van der Waals surface area (Å²) in [5.74, 6) is 0.718. The topological polar surface area (TPSA) is 78.8 Å². The summed E-state index contributed by atoms with van der Waals surface area (Å²) in [6.07, 6.45) is 4.14. The van der Waals surface area contributed by atoms with Crippen molar-refractivity contribution in [3.8, 4) is 0 Å². The third-order valence-electron chi connectivity index (χ3n) is 4.07. The summed E-state index contributed by atoms with van der Waals surface area (Å²) in [5.41, 5.74) is 0.473. The Morgan fingerprint density at radius 2 is 2.04 bits per heavy atom. The number of amidine groups is 1. The van der Waals surface area contributed by atoms with Crippen LogP contribution in [0.5, 0.6) is 0 Å². The molecule has 7 heteroatoms. The fourth-order valence-corrected chi connectivity index (χ4v) is 3.89. The minimum Gasteiger partial charge on any atom is -0.362 e. The molecule has 0 spiro atoms. The first-order valence-electron chi connectivity index (χ1n) is 8.73. The van der Waals surface area contributed by atoms with Crippen molar-refractivity contribution in [1.82, 2.24) is 4.90 Å². The molecule has 0 unspecified atom stereocenters. The van der Waals surface area contributed by atoms with E-state index < -0.39 is 10.0 Å². The van der Waals surface area contributed by atoms with Crippen LogP contribution in [0.3, 0.4) is 0 Å². The molecule has 1 N–H and O–H groups in total. The fourth-order valence-electron chi connectivity index (χ4n) is 2.75. The molecule has 1 heterocycles. The Morgan fingerprint density at radius 3 is 2.76 bits per heavy atom. The maximum atomic E-state index is 12.6. The Balaban J connectivity index is 2.21. The molecule has 1 aliphatic heterocycles. The van der Waals surface area contributed by atoms with E-state index >= 15 is 0 Å². The zero-order valence-corrected chi connectivity index (χ0v) is 16.0. The van der Waals surface area contributed by atoms with Gasteiger partial charge in [-0.05, 0) is 37.0 Å². The van der Waals surface area contributed by atoms with Gasteiger partial charge < -0.3 is 10.2 Å². The number of nitrogens with zero attached hydrogens (tertiary/aromatic N) is 2. The van der Waals surface area contributed by atoms with Gasteiger partial charge in [0, 0.05) is 32.1 Å². The molecule has 0 bridgehead atoms. The lowest BCUT2D eigenvalue weighted by atomic mass is 10.1. The third kappa shape index (κ3) is 5.85. The quantitative estimate of drug-likeness (QED) is 0.868. The zero-order chi connectivity index (χ0) is 18.4. The predicted molar refractivity (Wildman–Crippen MR) is 100 cm³/mol. The summed E-state index contributed by atoms with van der Waals surface area (Å²) in [6, 6.07) is 6.28. The molecule has 1 fully saturated rings. The van der Waals surface area contributed by atoms with E-state index in [9.17, 15) is 13.2 Å². The molecular weight excluding hydrogens is 338 g/mol. The van der Waals surface area contributed by atoms with Crippen molar-refractivity contribution in [2.24, 2.45) is 10.3 Å². The lowest BCUT2D eigenvalue weighted by Crippen LogP contribution is -2.26. The van der Waals surface area contributed by atoms with E-state index in [-0.39, 0.29) is 16.7 Å². The Labute approximate surface area is 150 Å². The second-order valence-electron chi connectivity index (χ2n) is 6.89. The molecule has 1 amide bonds. The summed E-state index contributed by atoms with van der Waals surface area (Å²) in [7, 11) is -1.92. The molecule has 0 radical (unpaired) electrons. The summed E-state index contributed by atoms with van der Waals surface area (Å²) < 4.78 is 29.3. The number of sulfonamides is 1. The van der Waals surface area contributed by atoms with E-state index in [0.717, 1.165) is 25.8 Å². The minimum atomic E-state index is -3.80. The molecule has 0 atom stereocenters. The lowest BCUT2D eigenvalue weighted by Gasteiger charge is -2.17. The first-order valence-corrected chi connectivity index (χ1v) is 10.2. The van der Waals surface area contributed by atoms with E-state index in [4.69, 9.17) is 0 Å². The first kappa shape index (κ1) is 19.4. The monoisotopic (exact) mass is 365 g/mol. The largest absolute Gasteiger partial charge is 0.362 e. The van der Waals surface area contributed by atoms with Gasteiger partial charge in [-0.15, -0.1) is 4.40 Å². The molecule has 1 saturated heterocycles. The van der Waals surface area contributed by atoms with Crippen molar-refractivity contribution in [3.05, 3.63) is 24.3 Å². The molecular formula is C18H27N3O3S. The lowest BCUT2D eigenvalue weighted by molar-refractivity contribution is -0.116. The van der Waals surface area contributed by atoms with Crippen molar-refractivity contribution in [3.63, 3.8) is 0 Å². The summed E-state index contributed by atoms with van der Waals surface area (Å²) in [6.45, 7) is 4.74. The van der Waals surface area contributed by atoms with Gasteiger partial charge in [0.1, 0.15) is 5.84 Å². The Morgan fingerprint density at radius 1 is 1.28 bits per heavy atom. The minimum absolute atomic E-state index is 0.0972. The first-order chi connectivity index (χ1) is 11.8. The predicted octanol–water partition coefficient (Wildman–Crippen LogP) is 3.26. The Kier molecular flexibility index (Phi) is 6.58. The van der Waals surface area contributed by atoms with E-state index in [0.29, 0.717) is 24.4 Å². The molecule has 6 nitrogen and oxygen atoms in total. The molecule has 1 aromatic rings. The van der Waals surface area contributed by atoms with Crippen LogP contribution in [0.25, 0.3) is 0 Å². The van der Waals surface area contributed by atoms with Crippen molar-refractivity contribution in [2.75, 3.05) is 18.9 Å². The van der Waals surface area contributed by atoms with Gasteiger partial charge in [0.2, 0.25) is 5.91 Å². The van der Waals surface area contributed by atoms with E-state index in [1.54, 1.807) is 12.1 Å². The van der Waals surface area contributed by atoms with Crippen molar-refractivity contribution in [2.45, 2.75) is 50.8 Å². The second-order valence-corrected chi connectivity index (χ2v) is 8.49. The molecule has 1 aromatic carbocycles. The van der Waals surface area contributed by atoms with Gasteiger partial charge in [-0.3, -0.25) is 4.79 Å². The molecule has 138 valence electrons. The molecule has 2 rings (SSSR count). The summed E-state index contributed by atoms with van der Waals surface area (Å²) in [5, 5.41) is 2.75. The van der Waals surface area contributed by atoms with Gasteiger partial charge in [0.25, 0.3) is 10.0 Å². The normalized spacial score (nSPS) is 17.6. The molecule has 0 aromatic heterocycles. The van der Waals surface area contributed by atoms with Crippen LogP contribution in [0.1, 0.15) is 46.0 Å². The van der Waals surface area contributed by atoms with Crippen molar-refractivity contribution >= 4 is 27.5 Å². The Bertz CT molecular complexity index is 742. The fraction of sp³-hybridized carbons (Fsp3) is 0.556. The van der Waals surface area contributed by atoms with Crippen molar-refractivity contribution in [1.29, 1.82) is 0 Å². The van der Waals surface area contributed by atoms with Gasteiger partial charge in [-0.2, -0.15) is 8.42 Å². The van der Waals surface area contributed by atoms with Crippen LogP contribution >= 0.6 is 0 Å². The van der Waals surface area contributed by atoms with Crippen LogP contribution in [-0.2, 0) is 14.8 Å². The van der Waals surface area contributed by atoms with Crippen LogP contribution in [-0.4, -0.2) is 38.7 Å². The molecule has 1 aliphatic rings. The number of hydrogen-bond acceptors (Lipinski definition) is 3. The number of carbonyl (C=O) groups excluding carboxylic acids is 1. The zero-order valence-electron chi connectivity index (χ0n) is 15.2. The smallest absolute Gasteiger partial charge is 0.284 e. The number of rotatable bonds is 5. The highest BCUT2D eigenvalue weighted by atomic mass is 32.2. The van der Waals surface area contributed by atoms with Gasteiger partial charge in [-0.25, -0.2) is 0 Å². The standard InChI is InChI=1S/C18H27N3O3S/c1-14(2)12-18(22)19-15-8-7-9-16(13-15)25(23,24)20-17-10-5-4-6-11-21(17)3/h7-9,13-14H,4-6,10-12H2,1-3H3,(H,19,22)/b20-17-. The highest BCUT2D eigenvalue weighted by molar-refractivity contribution is 7.90. The average Bonchev–Trinajstić information content (AvgIpc) is 2.71. The Hall–Kier alpha value is -1.89. The number of carbonyl (C=O) groups is 1. The van der Waals surface area contributed by atoms with Crippen LogP contribution in [0.4, 0.5) is 5.69 Å². The number of benzene rings is 1. The SMILES string of the molecule is CC(C)CC(=O)Nc1cccc(S(=O)(=O)/N=C2/CCCCCN2C)c1. The summed E-state index contributed by atoms with van der Waals surface area (Å²) >= 11 is 0. The van der Waals surface area contributed by atoms with Gasteiger partial charge in [0.15, 0.2) is 0 Å². The van der Waals surface area contributed by atoms with E-state index in [1.807, 2.05) is 25.8 Å². The van der Waals surface area contributed by atoms with Crippen LogP contribution < -0.4 is 5.32 Å². The van der Waals surface area contributed by atoms with Gasteiger partial charge in [0.05, 0.1) is 4.90 Å².